The minimum atomic E-state index is -0.525. The molecule has 1 aliphatic rings. The third-order valence-electron chi connectivity index (χ3n) is 4.88. The van der Waals surface area contributed by atoms with Crippen LogP contribution >= 0.6 is 11.3 Å². The molecule has 1 aromatic heterocycles. The number of rotatable bonds is 4. The van der Waals surface area contributed by atoms with E-state index < -0.39 is 18.3 Å². The minimum absolute atomic E-state index is 0.102. The van der Waals surface area contributed by atoms with Gasteiger partial charge in [-0.2, -0.15) is 0 Å². The molecular weight excluding hydrogens is 349 g/mol. The fourth-order valence-electron chi connectivity index (χ4n) is 2.69. The second kappa shape index (κ2) is 6.68. The average molecular weight is 373 g/mol. The lowest BCUT2D eigenvalue weighted by atomic mass is 9.77. The van der Waals surface area contributed by atoms with Crippen molar-refractivity contribution in [2.45, 2.75) is 45.8 Å². The van der Waals surface area contributed by atoms with Crippen molar-refractivity contribution in [3.05, 3.63) is 29.2 Å². The molecule has 2 aromatic rings. The Balaban J connectivity index is 1.94. The van der Waals surface area contributed by atoms with Crippen molar-refractivity contribution in [1.29, 1.82) is 0 Å². The highest BCUT2D eigenvalue weighted by atomic mass is 32.1. The fourth-order valence-corrected chi connectivity index (χ4v) is 3.40. The summed E-state index contributed by atoms with van der Waals surface area (Å²) in [5.74, 6) is -0.102. The second-order valence-corrected chi connectivity index (χ2v) is 8.56. The number of amides is 1. The standard InChI is InChI=1S/C18H24BN3O3S/c1-11(23)21-10-13(19-24-17(2,3)18(4,5)25-19)8-12-6-7-15-14(9-12)22-16(20)26-15/h6-9H,10H2,1-5H3,(H2,20,22)(H,21,23). The van der Waals surface area contributed by atoms with Crippen LogP contribution in [-0.4, -0.2) is 35.8 Å². The number of benzene rings is 1. The average Bonchev–Trinajstić information content (AvgIpc) is 2.98. The fraction of sp³-hybridized carbons (Fsp3) is 0.444. The van der Waals surface area contributed by atoms with E-state index in [1.807, 2.05) is 52.0 Å². The highest BCUT2D eigenvalue weighted by Crippen LogP contribution is 2.38. The summed E-state index contributed by atoms with van der Waals surface area (Å²) in [5, 5.41) is 3.38. The lowest BCUT2D eigenvalue weighted by Gasteiger charge is -2.32. The molecule has 6 nitrogen and oxygen atoms in total. The van der Waals surface area contributed by atoms with E-state index in [0.29, 0.717) is 11.7 Å². The van der Waals surface area contributed by atoms with E-state index in [0.717, 1.165) is 21.3 Å². The van der Waals surface area contributed by atoms with Gasteiger partial charge in [-0.3, -0.25) is 4.79 Å². The maximum Gasteiger partial charge on any atom is 0.492 e. The number of carbonyl (C=O) groups excluding carboxylic acids is 1. The molecule has 26 heavy (non-hydrogen) atoms. The van der Waals surface area contributed by atoms with Crippen molar-refractivity contribution >= 4 is 45.8 Å². The van der Waals surface area contributed by atoms with Crippen molar-refractivity contribution in [2.75, 3.05) is 12.3 Å². The Hall–Kier alpha value is -1.90. The van der Waals surface area contributed by atoms with Crippen molar-refractivity contribution < 1.29 is 14.1 Å². The van der Waals surface area contributed by atoms with Crippen LogP contribution in [0.2, 0.25) is 0 Å². The van der Waals surface area contributed by atoms with Crippen LogP contribution in [0.25, 0.3) is 16.3 Å². The molecule has 1 aromatic carbocycles. The van der Waals surface area contributed by atoms with Crippen LogP contribution < -0.4 is 11.1 Å². The first-order chi connectivity index (χ1) is 12.1. The summed E-state index contributed by atoms with van der Waals surface area (Å²) in [7, 11) is -0.525. The summed E-state index contributed by atoms with van der Waals surface area (Å²) in [6, 6.07) is 5.97. The molecule has 3 N–H and O–H groups in total. The smallest absolute Gasteiger partial charge is 0.400 e. The predicted octanol–water partition coefficient (Wildman–Crippen LogP) is 3.03. The zero-order chi connectivity index (χ0) is 19.1. The molecule has 0 saturated carbocycles. The number of nitrogens with zero attached hydrogens (tertiary/aromatic N) is 1. The molecule has 8 heteroatoms. The molecule has 0 radical (unpaired) electrons. The largest absolute Gasteiger partial charge is 0.492 e. The molecule has 0 unspecified atom stereocenters. The first-order valence-corrected chi connectivity index (χ1v) is 9.36. The normalized spacial score (nSPS) is 19.1. The first-order valence-electron chi connectivity index (χ1n) is 8.54. The zero-order valence-corrected chi connectivity index (χ0v) is 16.6. The summed E-state index contributed by atoms with van der Waals surface area (Å²) >= 11 is 1.46. The maximum atomic E-state index is 11.4. The lowest BCUT2D eigenvalue weighted by molar-refractivity contribution is -0.118. The third kappa shape index (κ3) is 3.77. The highest BCUT2D eigenvalue weighted by Gasteiger charge is 2.52. The van der Waals surface area contributed by atoms with Gasteiger partial charge in [-0.25, -0.2) is 4.98 Å². The lowest BCUT2D eigenvalue weighted by Crippen LogP contribution is -2.41. The van der Waals surface area contributed by atoms with E-state index in [9.17, 15) is 4.79 Å². The molecule has 1 amide bonds. The predicted molar refractivity (Wildman–Crippen MR) is 107 cm³/mol. The number of thiazole rings is 1. The molecule has 1 fully saturated rings. The monoisotopic (exact) mass is 373 g/mol. The Kier molecular flexibility index (Phi) is 4.85. The van der Waals surface area contributed by atoms with Crippen LogP contribution in [0.15, 0.2) is 23.7 Å². The quantitative estimate of drug-likeness (QED) is 0.805. The van der Waals surface area contributed by atoms with Crippen LogP contribution in [0.1, 0.15) is 40.2 Å². The Labute approximate surface area is 157 Å². The number of hydrogen-bond donors (Lipinski definition) is 2. The second-order valence-electron chi connectivity index (χ2n) is 7.50. The highest BCUT2D eigenvalue weighted by molar-refractivity contribution is 7.22. The number of carbonyl (C=O) groups is 1. The Morgan fingerprint density at radius 1 is 1.31 bits per heavy atom. The molecular formula is C18H24BN3O3S. The van der Waals surface area contributed by atoms with Crippen LogP contribution in [0.4, 0.5) is 5.13 Å². The summed E-state index contributed by atoms with van der Waals surface area (Å²) in [6.07, 6.45) is 1.98. The van der Waals surface area contributed by atoms with E-state index in [2.05, 4.69) is 10.3 Å². The summed E-state index contributed by atoms with van der Waals surface area (Å²) in [4.78, 5) is 15.7. The number of nitrogens with two attached hydrogens (primary N) is 1. The molecule has 0 atom stereocenters. The maximum absolute atomic E-state index is 11.4. The van der Waals surface area contributed by atoms with Gasteiger partial charge in [-0.05, 0) is 50.9 Å². The van der Waals surface area contributed by atoms with Gasteiger partial charge in [0.05, 0.1) is 21.4 Å². The van der Waals surface area contributed by atoms with Crippen molar-refractivity contribution in [2.24, 2.45) is 0 Å². The van der Waals surface area contributed by atoms with E-state index in [-0.39, 0.29) is 5.91 Å². The molecule has 0 bridgehead atoms. The molecule has 1 aliphatic heterocycles. The molecule has 0 spiro atoms. The van der Waals surface area contributed by atoms with Gasteiger partial charge in [-0.15, -0.1) is 0 Å². The van der Waals surface area contributed by atoms with Gasteiger partial charge in [-0.1, -0.05) is 23.5 Å². The number of anilines is 1. The molecule has 3 rings (SSSR count). The number of aromatic nitrogens is 1. The van der Waals surface area contributed by atoms with Gasteiger partial charge in [0.15, 0.2) is 5.13 Å². The zero-order valence-electron chi connectivity index (χ0n) is 15.8. The Morgan fingerprint density at radius 3 is 2.58 bits per heavy atom. The molecule has 138 valence electrons. The molecule has 0 aliphatic carbocycles. The van der Waals surface area contributed by atoms with Crippen LogP contribution in [0.3, 0.4) is 0 Å². The number of fused-ring (bicyclic) bond motifs is 1. The Bertz CT molecular complexity index is 860. The molecule has 1 saturated heterocycles. The SMILES string of the molecule is CC(=O)NCC(=Cc1ccc2sc(N)nc2c1)B1OC(C)(C)C(C)(C)O1. The van der Waals surface area contributed by atoms with E-state index in [1.165, 1.54) is 18.3 Å². The number of hydrogen-bond acceptors (Lipinski definition) is 6. The van der Waals surface area contributed by atoms with E-state index >= 15 is 0 Å². The third-order valence-corrected chi connectivity index (χ3v) is 5.74. The molecule has 2 heterocycles. The van der Waals surface area contributed by atoms with E-state index in [1.54, 1.807) is 0 Å². The minimum Gasteiger partial charge on any atom is -0.400 e. The topological polar surface area (TPSA) is 86.5 Å². The first kappa shape index (κ1) is 18.9. The summed E-state index contributed by atoms with van der Waals surface area (Å²) in [6.45, 7) is 9.87. The Morgan fingerprint density at radius 2 is 1.96 bits per heavy atom. The van der Waals surface area contributed by atoms with Crippen molar-refractivity contribution in [3.8, 4) is 0 Å². The van der Waals surface area contributed by atoms with Gasteiger partial charge >= 0.3 is 7.12 Å². The van der Waals surface area contributed by atoms with Gasteiger partial charge < -0.3 is 20.4 Å². The van der Waals surface area contributed by atoms with Gasteiger partial charge in [0.1, 0.15) is 0 Å². The van der Waals surface area contributed by atoms with Gasteiger partial charge in [0, 0.05) is 13.5 Å². The number of nitrogens with one attached hydrogen (secondary N) is 1. The van der Waals surface area contributed by atoms with E-state index in [4.69, 9.17) is 15.0 Å². The van der Waals surface area contributed by atoms with Crippen molar-refractivity contribution in [1.82, 2.24) is 10.3 Å². The van der Waals surface area contributed by atoms with Crippen molar-refractivity contribution in [3.63, 3.8) is 0 Å². The van der Waals surface area contributed by atoms with Gasteiger partial charge in [0.2, 0.25) is 5.91 Å². The van der Waals surface area contributed by atoms with Crippen LogP contribution in [0, 0.1) is 0 Å². The summed E-state index contributed by atoms with van der Waals surface area (Å²) < 4.78 is 13.3. The number of nitrogen functional groups attached to an aromatic ring is 1. The summed E-state index contributed by atoms with van der Waals surface area (Å²) in [5.41, 5.74) is 7.56. The van der Waals surface area contributed by atoms with Crippen LogP contribution in [-0.2, 0) is 14.1 Å². The van der Waals surface area contributed by atoms with Gasteiger partial charge in [0.25, 0.3) is 0 Å². The van der Waals surface area contributed by atoms with Crippen LogP contribution in [0.5, 0.6) is 0 Å².